The first-order valence-corrected chi connectivity index (χ1v) is 8.84. The van der Waals surface area contributed by atoms with Crippen LogP contribution in [-0.2, 0) is 14.6 Å². The summed E-state index contributed by atoms with van der Waals surface area (Å²) >= 11 is 0. The number of aryl methyl sites for hydroxylation is 1. The lowest BCUT2D eigenvalue weighted by atomic mass is 10.1. The van der Waals surface area contributed by atoms with Crippen LogP contribution in [0.5, 0.6) is 0 Å². The number of nitrogens with zero attached hydrogens (tertiary/aromatic N) is 1. The highest BCUT2D eigenvalue weighted by Gasteiger charge is 2.40. The van der Waals surface area contributed by atoms with Gasteiger partial charge in [-0.2, -0.15) is 0 Å². The quantitative estimate of drug-likeness (QED) is 0.879. The van der Waals surface area contributed by atoms with Gasteiger partial charge in [0.15, 0.2) is 15.6 Å². The molecule has 2 aromatic rings. The molecule has 7 nitrogen and oxygen atoms in total. The maximum atomic E-state index is 12.7. The van der Waals surface area contributed by atoms with E-state index in [4.69, 9.17) is 4.42 Å². The minimum absolute atomic E-state index is 0.0525. The molecule has 8 heteroatoms. The van der Waals surface area contributed by atoms with Gasteiger partial charge in [-0.05, 0) is 13.0 Å². The average molecular weight is 337 g/mol. The van der Waals surface area contributed by atoms with E-state index in [0.717, 1.165) is 10.3 Å². The van der Waals surface area contributed by atoms with E-state index < -0.39 is 33.5 Å². The van der Waals surface area contributed by atoms with Gasteiger partial charge >= 0.3 is 5.97 Å². The lowest BCUT2D eigenvalue weighted by Crippen LogP contribution is -2.54. The van der Waals surface area contributed by atoms with Crippen molar-refractivity contribution in [2.75, 3.05) is 18.1 Å². The zero-order valence-electron chi connectivity index (χ0n) is 12.4. The normalized spacial score (nSPS) is 20.6. The first-order chi connectivity index (χ1) is 10.8. The molecule has 1 amide bonds. The highest BCUT2D eigenvalue weighted by atomic mass is 32.2. The monoisotopic (exact) mass is 337 g/mol. The molecule has 1 aliphatic heterocycles. The van der Waals surface area contributed by atoms with Crippen molar-refractivity contribution in [3.05, 3.63) is 35.6 Å². The number of hydrogen-bond donors (Lipinski definition) is 1. The molecule has 1 fully saturated rings. The Morgan fingerprint density at radius 2 is 2.00 bits per heavy atom. The van der Waals surface area contributed by atoms with Crippen molar-refractivity contribution >= 4 is 32.7 Å². The Hall–Kier alpha value is -2.35. The summed E-state index contributed by atoms with van der Waals surface area (Å²) < 4.78 is 28.9. The zero-order valence-corrected chi connectivity index (χ0v) is 13.2. The summed E-state index contributed by atoms with van der Waals surface area (Å²) in [5.41, 5.74) is 1.15. The average Bonchev–Trinajstić information content (AvgIpc) is 2.83. The molecule has 1 saturated heterocycles. The molecule has 23 heavy (non-hydrogen) atoms. The topological polar surface area (TPSA) is 105 Å². The van der Waals surface area contributed by atoms with Gasteiger partial charge in [-0.25, -0.2) is 13.2 Å². The molecule has 1 aliphatic rings. The fourth-order valence-electron chi connectivity index (χ4n) is 2.76. The number of para-hydroxylation sites is 1. The molecule has 0 radical (unpaired) electrons. The second kappa shape index (κ2) is 5.38. The number of aliphatic carboxylic acids is 1. The molecule has 1 unspecified atom stereocenters. The lowest BCUT2D eigenvalue weighted by Gasteiger charge is -2.32. The highest BCUT2D eigenvalue weighted by molar-refractivity contribution is 7.91. The van der Waals surface area contributed by atoms with Crippen molar-refractivity contribution in [2.24, 2.45) is 0 Å². The van der Waals surface area contributed by atoms with Crippen LogP contribution in [-0.4, -0.2) is 54.4 Å². The smallest absolute Gasteiger partial charge is 0.327 e. The van der Waals surface area contributed by atoms with Crippen LogP contribution in [0.15, 0.2) is 28.7 Å². The molecule has 0 aliphatic carbocycles. The molecule has 2 heterocycles. The number of hydrogen-bond acceptors (Lipinski definition) is 5. The summed E-state index contributed by atoms with van der Waals surface area (Å²) in [6, 6.07) is 5.71. The Balaban J connectivity index is 2.00. The number of furan rings is 1. The standard InChI is InChI=1S/C15H15NO6S/c1-9-10-4-2-3-5-12(10)22-13(9)14(17)16-6-7-23(20,21)8-11(16)15(18)19/h2-5,11H,6-8H2,1H3,(H,18,19). The number of rotatable bonds is 2. The van der Waals surface area contributed by atoms with Crippen molar-refractivity contribution in [2.45, 2.75) is 13.0 Å². The molecular weight excluding hydrogens is 322 g/mol. The van der Waals surface area contributed by atoms with E-state index in [-0.39, 0.29) is 18.1 Å². The Bertz CT molecular complexity index is 898. The van der Waals surface area contributed by atoms with Crippen LogP contribution in [0.1, 0.15) is 16.1 Å². The number of fused-ring (bicyclic) bond motifs is 1. The Morgan fingerprint density at radius 3 is 2.65 bits per heavy atom. The van der Waals surface area contributed by atoms with Gasteiger partial charge in [-0.3, -0.25) is 4.79 Å². The van der Waals surface area contributed by atoms with E-state index >= 15 is 0 Å². The number of sulfone groups is 1. The van der Waals surface area contributed by atoms with E-state index in [1.807, 2.05) is 6.07 Å². The van der Waals surface area contributed by atoms with Crippen molar-refractivity contribution in [1.29, 1.82) is 0 Å². The second-order valence-corrected chi connectivity index (χ2v) is 7.75. The third-order valence-corrected chi connectivity index (χ3v) is 5.64. The molecule has 1 aromatic heterocycles. The predicted octanol–water partition coefficient (Wildman–Crippen LogP) is 1.07. The Kier molecular flexibility index (Phi) is 3.63. The van der Waals surface area contributed by atoms with Crippen LogP contribution in [0.2, 0.25) is 0 Å². The van der Waals surface area contributed by atoms with E-state index in [0.29, 0.717) is 11.1 Å². The summed E-state index contributed by atoms with van der Waals surface area (Å²) in [5, 5.41) is 10.0. The van der Waals surface area contributed by atoms with Crippen molar-refractivity contribution in [3.8, 4) is 0 Å². The Morgan fingerprint density at radius 1 is 1.30 bits per heavy atom. The number of amides is 1. The van der Waals surface area contributed by atoms with Crippen LogP contribution in [0.3, 0.4) is 0 Å². The predicted molar refractivity (Wildman–Crippen MR) is 82.1 cm³/mol. The first kappa shape index (κ1) is 15.5. The van der Waals surface area contributed by atoms with Gasteiger partial charge < -0.3 is 14.4 Å². The van der Waals surface area contributed by atoms with Crippen LogP contribution >= 0.6 is 0 Å². The van der Waals surface area contributed by atoms with E-state index in [1.54, 1.807) is 25.1 Å². The summed E-state index contributed by atoms with van der Waals surface area (Å²) in [5.74, 6) is -2.71. The van der Waals surface area contributed by atoms with E-state index in [9.17, 15) is 23.1 Å². The molecule has 0 spiro atoms. The second-order valence-electron chi connectivity index (χ2n) is 5.52. The molecule has 3 rings (SSSR count). The number of carboxylic acid groups (broad SMARTS) is 1. The van der Waals surface area contributed by atoms with Crippen molar-refractivity contribution in [3.63, 3.8) is 0 Å². The lowest BCUT2D eigenvalue weighted by molar-refractivity contribution is -0.141. The highest BCUT2D eigenvalue weighted by Crippen LogP contribution is 2.27. The minimum atomic E-state index is -3.47. The summed E-state index contributed by atoms with van der Waals surface area (Å²) in [7, 11) is -3.47. The van der Waals surface area contributed by atoms with Gasteiger partial charge in [0.05, 0.1) is 11.5 Å². The number of carboxylic acids is 1. The molecule has 0 bridgehead atoms. The summed E-state index contributed by atoms with van der Waals surface area (Å²) in [4.78, 5) is 25.1. The first-order valence-electron chi connectivity index (χ1n) is 7.02. The zero-order chi connectivity index (χ0) is 16.8. The fraction of sp³-hybridized carbons (Fsp3) is 0.333. The van der Waals surface area contributed by atoms with E-state index in [2.05, 4.69) is 0 Å². The fourth-order valence-corrected chi connectivity index (χ4v) is 4.21. The van der Waals surface area contributed by atoms with Crippen LogP contribution < -0.4 is 0 Å². The van der Waals surface area contributed by atoms with Gasteiger partial charge in [0, 0.05) is 17.5 Å². The number of carbonyl (C=O) groups is 2. The maximum absolute atomic E-state index is 12.7. The van der Waals surface area contributed by atoms with Crippen LogP contribution in [0.4, 0.5) is 0 Å². The van der Waals surface area contributed by atoms with Crippen molar-refractivity contribution in [1.82, 2.24) is 4.90 Å². The molecule has 0 saturated carbocycles. The van der Waals surface area contributed by atoms with Gasteiger partial charge in [-0.15, -0.1) is 0 Å². The summed E-state index contributed by atoms with van der Waals surface area (Å²) in [6.45, 7) is 1.56. The molecule has 1 atom stereocenters. The molecule has 1 aromatic carbocycles. The summed E-state index contributed by atoms with van der Waals surface area (Å²) in [6.07, 6.45) is 0. The number of benzene rings is 1. The minimum Gasteiger partial charge on any atom is -0.480 e. The van der Waals surface area contributed by atoms with Gasteiger partial charge in [0.1, 0.15) is 11.6 Å². The molecule has 1 N–H and O–H groups in total. The van der Waals surface area contributed by atoms with Gasteiger partial charge in [0.25, 0.3) is 5.91 Å². The molecule has 122 valence electrons. The van der Waals surface area contributed by atoms with Gasteiger partial charge in [-0.1, -0.05) is 18.2 Å². The maximum Gasteiger partial charge on any atom is 0.327 e. The van der Waals surface area contributed by atoms with Crippen molar-refractivity contribution < 1.29 is 27.5 Å². The van der Waals surface area contributed by atoms with E-state index in [1.165, 1.54) is 0 Å². The van der Waals surface area contributed by atoms with Crippen LogP contribution in [0, 0.1) is 6.92 Å². The third kappa shape index (κ3) is 2.70. The number of carbonyl (C=O) groups excluding carboxylic acids is 1. The largest absolute Gasteiger partial charge is 0.480 e. The Labute approximate surface area is 132 Å². The van der Waals surface area contributed by atoms with Gasteiger partial charge in [0.2, 0.25) is 0 Å². The SMILES string of the molecule is Cc1c(C(=O)N2CCS(=O)(=O)CC2C(=O)O)oc2ccccc12. The molecular formula is C15H15NO6S. The van der Waals surface area contributed by atoms with Crippen LogP contribution in [0.25, 0.3) is 11.0 Å². The third-order valence-electron chi connectivity index (χ3n) is 4.02.